The van der Waals surface area contributed by atoms with Crippen LogP contribution in [0.1, 0.15) is 83.5 Å². The van der Waals surface area contributed by atoms with Gasteiger partial charge < -0.3 is 9.59 Å². The van der Waals surface area contributed by atoms with Crippen molar-refractivity contribution in [3.8, 4) is 0 Å². The van der Waals surface area contributed by atoms with E-state index in [4.69, 9.17) is 9.66 Å². The van der Waals surface area contributed by atoms with E-state index < -0.39 is 10.1 Å². The van der Waals surface area contributed by atoms with Gasteiger partial charge in [0.1, 0.15) is 0 Å². The van der Waals surface area contributed by atoms with Crippen LogP contribution >= 0.6 is 0 Å². The molecule has 0 radical (unpaired) electrons. The monoisotopic (exact) mass is 380 g/mol. The Hall–Kier alpha value is -0.170. The fourth-order valence-electron chi connectivity index (χ4n) is 3.21. The largest absolute Gasteiger partial charge is 0.396 e. The molecule has 0 aromatic heterocycles. The highest BCUT2D eigenvalue weighted by molar-refractivity contribution is 7.85. The zero-order valence-electron chi connectivity index (χ0n) is 16.6. The van der Waals surface area contributed by atoms with Crippen LogP contribution in [0.2, 0.25) is 0 Å². The zero-order chi connectivity index (χ0) is 19.0. The molecule has 0 heterocycles. The maximum absolute atomic E-state index is 10.7. The van der Waals surface area contributed by atoms with Gasteiger partial charge in [0.15, 0.2) is 0 Å². The molecule has 0 rings (SSSR count). The number of quaternary nitrogens is 1. The van der Waals surface area contributed by atoms with Gasteiger partial charge in [-0.3, -0.25) is 4.55 Å². The van der Waals surface area contributed by atoms with Crippen molar-refractivity contribution in [2.24, 2.45) is 0 Å². The predicted molar refractivity (Wildman–Crippen MR) is 105 cm³/mol. The summed E-state index contributed by atoms with van der Waals surface area (Å²) in [5.74, 6) is -0.129. The van der Waals surface area contributed by atoms with Crippen LogP contribution in [0, 0.1) is 0 Å². The summed E-state index contributed by atoms with van der Waals surface area (Å²) in [6.07, 6.45) is 15.6. The van der Waals surface area contributed by atoms with Gasteiger partial charge in [-0.25, -0.2) is 0 Å². The molecular formula is C19H42NO4S+. The molecule has 0 aromatic rings. The van der Waals surface area contributed by atoms with Crippen LogP contribution in [0.4, 0.5) is 0 Å². The summed E-state index contributed by atoms with van der Waals surface area (Å²) in [4.78, 5) is 0. The van der Waals surface area contributed by atoms with Crippen LogP contribution in [0.15, 0.2) is 0 Å². The minimum atomic E-state index is -3.82. The van der Waals surface area contributed by atoms with Crippen molar-refractivity contribution in [3.05, 3.63) is 0 Å². The zero-order valence-corrected chi connectivity index (χ0v) is 17.4. The van der Waals surface area contributed by atoms with Gasteiger partial charge in [0.05, 0.1) is 32.9 Å². The first kappa shape index (κ1) is 24.8. The molecular weight excluding hydrogens is 338 g/mol. The second-order valence-electron chi connectivity index (χ2n) is 7.99. The first-order valence-corrected chi connectivity index (χ1v) is 11.8. The highest BCUT2D eigenvalue weighted by atomic mass is 32.2. The van der Waals surface area contributed by atoms with E-state index in [1.165, 1.54) is 70.6 Å². The molecule has 6 heteroatoms. The van der Waals surface area contributed by atoms with Crippen molar-refractivity contribution >= 4 is 10.1 Å². The smallest absolute Gasteiger partial charge is 0.265 e. The number of rotatable bonds is 18. The molecule has 0 aromatic carbocycles. The SMILES string of the molecule is C[N+](C)(CCCCCCCCCCCCCCO)CCCS(=O)(=O)O. The van der Waals surface area contributed by atoms with E-state index in [1.807, 2.05) is 0 Å². The van der Waals surface area contributed by atoms with Gasteiger partial charge in [-0.15, -0.1) is 0 Å². The molecule has 0 bridgehead atoms. The fraction of sp³-hybridized carbons (Fsp3) is 1.00. The number of hydrogen-bond acceptors (Lipinski definition) is 3. The third kappa shape index (κ3) is 20.0. The molecule has 152 valence electrons. The average molecular weight is 381 g/mol. The van der Waals surface area contributed by atoms with Gasteiger partial charge in [0.25, 0.3) is 10.1 Å². The summed E-state index contributed by atoms with van der Waals surface area (Å²) in [5.41, 5.74) is 0. The summed E-state index contributed by atoms with van der Waals surface area (Å²) in [6.45, 7) is 2.19. The summed E-state index contributed by atoms with van der Waals surface area (Å²) in [5, 5.41) is 8.71. The maximum atomic E-state index is 10.7. The molecule has 25 heavy (non-hydrogen) atoms. The van der Waals surface area contributed by atoms with Crippen molar-refractivity contribution in [2.75, 3.05) is 39.5 Å². The van der Waals surface area contributed by atoms with Crippen LogP contribution in [-0.2, 0) is 10.1 Å². The quantitative estimate of drug-likeness (QED) is 0.214. The molecule has 2 N–H and O–H groups in total. The number of nitrogens with zero attached hydrogens (tertiary/aromatic N) is 1. The highest BCUT2D eigenvalue weighted by Crippen LogP contribution is 2.13. The second kappa shape index (κ2) is 14.9. The third-order valence-electron chi connectivity index (χ3n) is 4.84. The molecule has 0 amide bonds. The van der Waals surface area contributed by atoms with E-state index in [0.717, 1.165) is 24.0 Å². The van der Waals surface area contributed by atoms with Crippen molar-refractivity contribution in [1.82, 2.24) is 0 Å². The lowest BCUT2D eigenvalue weighted by Gasteiger charge is -2.29. The second-order valence-corrected chi connectivity index (χ2v) is 9.56. The number of hydrogen-bond donors (Lipinski definition) is 2. The Labute approximate surface area is 156 Å². The summed E-state index contributed by atoms with van der Waals surface area (Å²) >= 11 is 0. The lowest BCUT2D eigenvalue weighted by atomic mass is 10.1. The van der Waals surface area contributed by atoms with E-state index in [-0.39, 0.29) is 5.75 Å². The first-order valence-electron chi connectivity index (χ1n) is 10.1. The Kier molecular flexibility index (Phi) is 14.8. The molecule has 0 aliphatic rings. The number of aliphatic hydroxyl groups excluding tert-OH is 1. The Morgan fingerprint density at radius 3 is 1.40 bits per heavy atom. The van der Waals surface area contributed by atoms with E-state index in [0.29, 0.717) is 13.0 Å². The Morgan fingerprint density at radius 2 is 1.00 bits per heavy atom. The predicted octanol–water partition coefficient (Wildman–Crippen LogP) is 4.01. The van der Waals surface area contributed by atoms with Gasteiger partial charge in [0, 0.05) is 13.0 Å². The van der Waals surface area contributed by atoms with E-state index >= 15 is 0 Å². The van der Waals surface area contributed by atoms with E-state index in [2.05, 4.69) is 14.1 Å². The van der Waals surface area contributed by atoms with Gasteiger partial charge in [-0.05, 0) is 19.3 Å². The van der Waals surface area contributed by atoms with Gasteiger partial charge in [-0.2, -0.15) is 8.42 Å². The van der Waals surface area contributed by atoms with Gasteiger partial charge in [-0.1, -0.05) is 57.8 Å². The van der Waals surface area contributed by atoms with Crippen molar-refractivity contribution in [1.29, 1.82) is 0 Å². The number of unbranched alkanes of at least 4 members (excludes halogenated alkanes) is 11. The minimum Gasteiger partial charge on any atom is -0.396 e. The lowest BCUT2D eigenvalue weighted by Crippen LogP contribution is -2.41. The first-order chi connectivity index (χ1) is 11.8. The molecule has 5 nitrogen and oxygen atoms in total. The van der Waals surface area contributed by atoms with E-state index in [9.17, 15) is 8.42 Å². The van der Waals surface area contributed by atoms with Crippen LogP contribution in [0.3, 0.4) is 0 Å². The van der Waals surface area contributed by atoms with Crippen LogP contribution in [0.25, 0.3) is 0 Å². The van der Waals surface area contributed by atoms with E-state index in [1.54, 1.807) is 0 Å². The topological polar surface area (TPSA) is 74.6 Å². The van der Waals surface area contributed by atoms with Crippen molar-refractivity contribution in [3.63, 3.8) is 0 Å². The van der Waals surface area contributed by atoms with Crippen LogP contribution < -0.4 is 0 Å². The Bertz CT molecular complexity index is 396. The molecule has 0 atom stereocenters. The Morgan fingerprint density at radius 1 is 0.640 bits per heavy atom. The van der Waals surface area contributed by atoms with Crippen LogP contribution in [0.5, 0.6) is 0 Å². The fourth-order valence-corrected chi connectivity index (χ4v) is 3.70. The lowest BCUT2D eigenvalue weighted by molar-refractivity contribution is -0.890. The third-order valence-corrected chi connectivity index (χ3v) is 5.64. The molecule has 0 aliphatic carbocycles. The molecule has 0 saturated heterocycles. The standard InChI is InChI=1S/C19H41NO4S/c1-20(2,17-15-19-25(22,23)24)16-13-11-9-7-5-3-4-6-8-10-12-14-18-21/h21H,3-19H2,1-2H3/p+1. The Balaban J connectivity index is 3.36. The molecule has 0 unspecified atom stereocenters. The van der Waals surface area contributed by atoms with Crippen LogP contribution in [-0.4, -0.2) is 62.1 Å². The average Bonchev–Trinajstić information content (AvgIpc) is 2.50. The highest BCUT2D eigenvalue weighted by Gasteiger charge is 2.16. The number of aliphatic hydroxyl groups is 1. The maximum Gasteiger partial charge on any atom is 0.265 e. The van der Waals surface area contributed by atoms with Crippen molar-refractivity contribution in [2.45, 2.75) is 83.5 Å². The summed E-state index contributed by atoms with van der Waals surface area (Å²) < 4.78 is 31.1. The van der Waals surface area contributed by atoms with Gasteiger partial charge in [0.2, 0.25) is 0 Å². The minimum absolute atomic E-state index is 0.129. The summed E-state index contributed by atoms with van der Waals surface area (Å²) in [7, 11) is 0.444. The van der Waals surface area contributed by atoms with Crippen molar-refractivity contribution < 1.29 is 22.6 Å². The normalized spacial score (nSPS) is 12.6. The van der Waals surface area contributed by atoms with Gasteiger partial charge >= 0.3 is 0 Å². The summed E-state index contributed by atoms with van der Waals surface area (Å²) in [6, 6.07) is 0. The molecule has 0 spiro atoms. The molecule has 0 aliphatic heterocycles. The molecule has 0 saturated carbocycles. The molecule has 0 fully saturated rings.